The molecule has 0 saturated heterocycles. The molecule has 0 aliphatic heterocycles. The number of nitrogens with one attached hydrogen (secondary N) is 2. The standard InChI is InChI=1S/C10H8N6S/c11-7-6-9(16-10(17)13-6)15-8(14-7)5-1-3-12-4-2-5/h1-4H,(H4,11,13,14,15,16,17). The molecule has 0 atom stereocenters. The minimum Gasteiger partial charge on any atom is -0.382 e. The number of anilines is 1. The van der Waals surface area contributed by atoms with Crippen molar-refractivity contribution in [3.05, 3.63) is 29.3 Å². The SMILES string of the molecule is Nc1nc(-c2ccncc2)nc2[nH]c(=S)[nH]c12. The zero-order valence-corrected chi connectivity index (χ0v) is 9.45. The molecule has 6 nitrogen and oxygen atoms in total. The van der Waals surface area contributed by atoms with Crippen LogP contribution in [0.1, 0.15) is 0 Å². The Morgan fingerprint density at radius 2 is 1.88 bits per heavy atom. The zero-order chi connectivity index (χ0) is 11.8. The average molecular weight is 244 g/mol. The highest BCUT2D eigenvalue weighted by Gasteiger charge is 2.08. The van der Waals surface area contributed by atoms with Crippen molar-refractivity contribution >= 4 is 29.2 Å². The fraction of sp³-hybridized carbons (Fsp3) is 0. The fourth-order valence-corrected chi connectivity index (χ4v) is 1.77. The van der Waals surface area contributed by atoms with Crippen LogP contribution in [0.5, 0.6) is 0 Å². The lowest BCUT2D eigenvalue weighted by molar-refractivity contribution is 1.20. The van der Waals surface area contributed by atoms with Gasteiger partial charge in [-0.1, -0.05) is 0 Å². The number of hydrogen-bond donors (Lipinski definition) is 3. The van der Waals surface area contributed by atoms with Crippen molar-refractivity contribution in [3.8, 4) is 11.4 Å². The molecular formula is C10H8N6S. The topological polar surface area (TPSA) is 96.3 Å². The van der Waals surface area contributed by atoms with E-state index in [0.717, 1.165) is 5.56 Å². The number of pyridine rings is 1. The molecule has 0 amide bonds. The maximum atomic E-state index is 5.84. The van der Waals surface area contributed by atoms with E-state index in [9.17, 15) is 0 Å². The minimum atomic E-state index is 0.370. The van der Waals surface area contributed by atoms with Crippen LogP contribution < -0.4 is 5.73 Å². The van der Waals surface area contributed by atoms with Crippen molar-refractivity contribution < 1.29 is 0 Å². The Labute approximate surface area is 101 Å². The summed E-state index contributed by atoms with van der Waals surface area (Å²) in [5.74, 6) is 0.914. The molecule has 3 aromatic heterocycles. The lowest BCUT2D eigenvalue weighted by atomic mass is 10.2. The van der Waals surface area contributed by atoms with Gasteiger partial charge < -0.3 is 15.7 Å². The van der Waals surface area contributed by atoms with Crippen molar-refractivity contribution in [1.82, 2.24) is 24.9 Å². The number of imidazole rings is 1. The molecule has 0 unspecified atom stereocenters. The predicted octanol–water partition coefficient (Wildman–Crippen LogP) is 1.66. The number of nitrogens with zero attached hydrogens (tertiary/aromatic N) is 3. The lowest BCUT2D eigenvalue weighted by Crippen LogP contribution is -1.97. The number of aromatic nitrogens is 5. The van der Waals surface area contributed by atoms with Gasteiger partial charge in [-0.2, -0.15) is 0 Å². The number of hydrogen-bond acceptors (Lipinski definition) is 5. The van der Waals surface area contributed by atoms with Crippen LogP contribution in [-0.2, 0) is 0 Å². The summed E-state index contributed by atoms with van der Waals surface area (Å²) in [7, 11) is 0. The molecule has 0 spiro atoms. The smallest absolute Gasteiger partial charge is 0.176 e. The third kappa shape index (κ3) is 1.66. The van der Waals surface area contributed by atoms with Crippen LogP contribution in [0.2, 0.25) is 0 Å². The molecule has 0 aliphatic carbocycles. The van der Waals surface area contributed by atoms with Gasteiger partial charge in [0, 0.05) is 18.0 Å². The molecule has 84 valence electrons. The molecular weight excluding hydrogens is 236 g/mol. The summed E-state index contributed by atoms with van der Waals surface area (Å²) in [4.78, 5) is 18.3. The van der Waals surface area contributed by atoms with Crippen LogP contribution in [0.3, 0.4) is 0 Å². The van der Waals surface area contributed by atoms with Gasteiger partial charge in [-0.25, -0.2) is 9.97 Å². The Hall–Kier alpha value is -2.28. The van der Waals surface area contributed by atoms with Gasteiger partial charge in [-0.3, -0.25) is 4.98 Å². The van der Waals surface area contributed by atoms with E-state index < -0.39 is 0 Å². The highest BCUT2D eigenvalue weighted by molar-refractivity contribution is 7.71. The fourth-order valence-electron chi connectivity index (χ4n) is 1.57. The number of H-pyrrole nitrogens is 2. The Morgan fingerprint density at radius 3 is 2.65 bits per heavy atom. The predicted molar refractivity (Wildman–Crippen MR) is 66.7 cm³/mol. The summed E-state index contributed by atoms with van der Waals surface area (Å²) < 4.78 is 0.480. The first-order valence-electron chi connectivity index (χ1n) is 4.90. The number of rotatable bonds is 1. The highest BCUT2D eigenvalue weighted by Crippen LogP contribution is 2.20. The van der Waals surface area contributed by atoms with Crippen molar-refractivity contribution in [2.75, 3.05) is 5.73 Å². The van der Waals surface area contributed by atoms with Crippen LogP contribution in [0.4, 0.5) is 5.82 Å². The second-order valence-corrected chi connectivity index (χ2v) is 3.88. The Kier molecular flexibility index (Phi) is 2.12. The van der Waals surface area contributed by atoms with E-state index in [1.807, 2.05) is 12.1 Å². The number of nitrogens with two attached hydrogens (primary N) is 1. The molecule has 0 aliphatic rings. The van der Waals surface area contributed by atoms with Crippen molar-refractivity contribution in [2.24, 2.45) is 0 Å². The van der Waals surface area contributed by atoms with E-state index in [1.165, 1.54) is 0 Å². The van der Waals surface area contributed by atoms with Crippen LogP contribution in [0.25, 0.3) is 22.6 Å². The number of aromatic amines is 2. The van der Waals surface area contributed by atoms with E-state index in [4.69, 9.17) is 18.0 Å². The quantitative estimate of drug-likeness (QED) is 0.566. The minimum absolute atomic E-state index is 0.370. The molecule has 3 heterocycles. The maximum Gasteiger partial charge on any atom is 0.176 e. The van der Waals surface area contributed by atoms with Gasteiger partial charge in [0.05, 0.1) is 0 Å². The molecule has 0 aromatic carbocycles. The summed E-state index contributed by atoms with van der Waals surface area (Å²) >= 11 is 4.99. The van der Waals surface area contributed by atoms with E-state index in [2.05, 4.69) is 24.9 Å². The van der Waals surface area contributed by atoms with E-state index in [-0.39, 0.29) is 0 Å². The van der Waals surface area contributed by atoms with Crippen LogP contribution >= 0.6 is 12.2 Å². The van der Waals surface area contributed by atoms with Gasteiger partial charge in [-0.15, -0.1) is 0 Å². The normalized spacial score (nSPS) is 10.8. The monoisotopic (exact) mass is 244 g/mol. The van der Waals surface area contributed by atoms with Gasteiger partial charge in [0.25, 0.3) is 0 Å². The maximum absolute atomic E-state index is 5.84. The first-order valence-corrected chi connectivity index (χ1v) is 5.31. The molecule has 7 heteroatoms. The second kappa shape index (κ2) is 3.63. The number of nitrogen functional groups attached to an aromatic ring is 1. The molecule has 3 rings (SSSR count). The third-order valence-corrected chi connectivity index (χ3v) is 2.55. The first-order chi connectivity index (χ1) is 8.24. The average Bonchev–Trinajstić information content (AvgIpc) is 2.71. The van der Waals surface area contributed by atoms with Crippen molar-refractivity contribution in [2.45, 2.75) is 0 Å². The van der Waals surface area contributed by atoms with Crippen LogP contribution in [-0.4, -0.2) is 24.9 Å². The summed E-state index contributed by atoms with van der Waals surface area (Å²) in [5.41, 5.74) is 7.94. The first kappa shape index (κ1) is 9.91. The highest BCUT2D eigenvalue weighted by atomic mass is 32.1. The Balaban J connectivity index is 2.29. The molecule has 4 N–H and O–H groups in total. The van der Waals surface area contributed by atoms with Gasteiger partial charge in [0.1, 0.15) is 5.52 Å². The van der Waals surface area contributed by atoms with Gasteiger partial charge >= 0.3 is 0 Å². The van der Waals surface area contributed by atoms with E-state index in [1.54, 1.807) is 12.4 Å². The number of fused-ring (bicyclic) bond motifs is 1. The van der Waals surface area contributed by atoms with Gasteiger partial charge in [0.2, 0.25) is 0 Å². The Bertz CT molecular complexity index is 729. The largest absolute Gasteiger partial charge is 0.382 e. The molecule has 17 heavy (non-hydrogen) atoms. The van der Waals surface area contributed by atoms with Gasteiger partial charge in [0.15, 0.2) is 22.1 Å². The summed E-state index contributed by atoms with van der Waals surface area (Å²) in [6, 6.07) is 3.64. The second-order valence-electron chi connectivity index (χ2n) is 3.47. The molecule has 3 aromatic rings. The molecule has 0 radical (unpaired) electrons. The molecule has 0 bridgehead atoms. The zero-order valence-electron chi connectivity index (χ0n) is 8.64. The summed E-state index contributed by atoms with van der Waals surface area (Å²) in [6.07, 6.45) is 3.36. The van der Waals surface area contributed by atoms with Gasteiger partial charge in [-0.05, 0) is 24.4 Å². The van der Waals surface area contributed by atoms with Crippen molar-refractivity contribution in [3.63, 3.8) is 0 Å². The summed E-state index contributed by atoms with van der Waals surface area (Å²) in [5, 5.41) is 0. The third-order valence-electron chi connectivity index (χ3n) is 2.35. The van der Waals surface area contributed by atoms with Crippen LogP contribution in [0, 0.1) is 4.77 Å². The van der Waals surface area contributed by atoms with E-state index in [0.29, 0.717) is 27.6 Å². The molecule has 0 saturated carbocycles. The lowest BCUT2D eigenvalue weighted by Gasteiger charge is -2.01. The van der Waals surface area contributed by atoms with Crippen molar-refractivity contribution in [1.29, 1.82) is 0 Å². The molecule has 0 fully saturated rings. The Morgan fingerprint density at radius 1 is 1.12 bits per heavy atom. The van der Waals surface area contributed by atoms with Crippen LogP contribution in [0.15, 0.2) is 24.5 Å². The summed E-state index contributed by atoms with van der Waals surface area (Å²) in [6.45, 7) is 0. The van der Waals surface area contributed by atoms with E-state index >= 15 is 0 Å².